The average molecular weight is 229 g/mol. The number of hydrogen-bond donors (Lipinski definition) is 1. The van der Waals surface area contributed by atoms with Crippen LogP contribution in [0.25, 0.3) is 0 Å². The zero-order chi connectivity index (χ0) is 8.97. The Balaban J connectivity index is 2.90. The number of aryl methyl sites for hydroxylation is 1. The molecule has 0 fully saturated rings. The summed E-state index contributed by atoms with van der Waals surface area (Å²) in [6.07, 6.45) is 2.22. The summed E-state index contributed by atoms with van der Waals surface area (Å²) in [7, 11) is 0. The van der Waals surface area contributed by atoms with Gasteiger partial charge in [0.25, 0.3) is 0 Å². The number of benzene rings is 1. The van der Waals surface area contributed by atoms with Gasteiger partial charge in [-0.3, -0.25) is 0 Å². The first-order valence-corrected chi connectivity index (χ1v) is 4.94. The van der Waals surface area contributed by atoms with Crippen LogP contribution in [0.1, 0.15) is 24.5 Å². The molecule has 0 amide bonds. The van der Waals surface area contributed by atoms with E-state index < -0.39 is 0 Å². The Bertz CT molecular complexity index is 258. The maximum Gasteiger partial charge on any atom is 0.0682 e. The number of hydrogen-bond acceptors (Lipinski definition) is 1. The second kappa shape index (κ2) is 4.63. The van der Waals surface area contributed by atoms with Crippen LogP contribution >= 0.6 is 15.9 Å². The molecular weight excluding hydrogens is 216 g/mol. The van der Waals surface area contributed by atoms with Crippen molar-refractivity contribution >= 4 is 15.9 Å². The minimum absolute atomic E-state index is 0.121. The van der Waals surface area contributed by atoms with Crippen LogP contribution in [0, 0.1) is 0 Å². The van der Waals surface area contributed by atoms with E-state index in [2.05, 4.69) is 28.9 Å². The summed E-state index contributed by atoms with van der Waals surface area (Å²) < 4.78 is 1.05. The Morgan fingerprint density at radius 3 is 2.50 bits per heavy atom. The van der Waals surface area contributed by atoms with Crippen LogP contribution in [0.4, 0.5) is 0 Å². The molecule has 2 heteroatoms. The molecule has 1 rings (SSSR count). The van der Waals surface area contributed by atoms with E-state index in [0.29, 0.717) is 0 Å². The van der Waals surface area contributed by atoms with E-state index in [-0.39, 0.29) is 6.61 Å². The molecule has 0 aliphatic heterocycles. The number of aliphatic hydroxyl groups excluding tert-OH is 1. The third-order valence-corrected chi connectivity index (χ3v) is 2.20. The Labute approximate surface area is 81.6 Å². The first-order chi connectivity index (χ1) is 5.76. The van der Waals surface area contributed by atoms with Crippen molar-refractivity contribution in [2.75, 3.05) is 0 Å². The summed E-state index contributed by atoms with van der Waals surface area (Å²) in [6, 6.07) is 6.09. The first-order valence-electron chi connectivity index (χ1n) is 4.15. The molecule has 1 N–H and O–H groups in total. The maximum atomic E-state index is 8.93. The smallest absolute Gasteiger partial charge is 0.0682 e. The van der Waals surface area contributed by atoms with Crippen molar-refractivity contribution in [2.24, 2.45) is 0 Å². The largest absolute Gasteiger partial charge is 0.392 e. The zero-order valence-corrected chi connectivity index (χ0v) is 8.76. The first kappa shape index (κ1) is 9.75. The summed E-state index contributed by atoms with van der Waals surface area (Å²) in [5.41, 5.74) is 2.27. The van der Waals surface area contributed by atoms with Crippen LogP contribution in [-0.2, 0) is 13.0 Å². The molecule has 0 bridgehead atoms. The highest BCUT2D eigenvalue weighted by Crippen LogP contribution is 2.16. The van der Waals surface area contributed by atoms with Gasteiger partial charge < -0.3 is 5.11 Å². The molecule has 0 atom stereocenters. The third kappa shape index (κ3) is 2.61. The summed E-state index contributed by atoms with van der Waals surface area (Å²) in [4.78, 5) is 0. The molecule has 0 radical (unpaired) electrons. The molecule has 0 aliphatic carbocycles. The number of rotatable bonds is 3. The minimum atomic E-state index is 0.121. The van der Waals surface area contributed by atoms with Crippen LogP contribution in [-0.4, -0.2) is 5.11 Å². The Hall–Kier alpha value is -0.340. The van der Waals surface area contributed by atoms with Gasteiger partial charge in [0.15, 0.2) is 0 Å². The van der Waals surface area contributed by atoms with Gasteiger partial charge in [0, 0.05) is 4.47 Å². The quantitative estimate of drug-likeness (QED) is 0.844. The van der Waals surface area contributed by atoms with Crippen LogP contribution < -0.4 is 0 Å². The molecule has 12 heavy (non-hydrogen) atoms. The predicted molar refractivity (Wildman–Crippen MR) is 54.1 cm³/mol. The third-order valence-electron chi connectivity index (χ3n) is 1.74. The maximum absolute atomic E-state index is 8.93. The summed E-state index contributed by atoms with van der Waals surface area (Å²) in [6.45, 7) is 2.27. The Morgan fingerprint density at radius 2 is 1.92 bits per heavy atom. The number of halogens is 1. The lowest BCUT2D eigenvalue weighted by Crippen LogP contribution is -1.88. The SMILES string of the molecule is CCCc1cc(Br)cc(CO)c1. The highest BCUT2D eigenvalue weighted by molar-refractivity contribution is 9.10. The van der Waals surface area contributed by atoms with E-state index in [1.54, 1.807) is 0 Å². The Kier molecular flexibility index (Phi) is 3.76. The minimum Gasteiger partial charge on any atom is -0.392 e. The predicted octanol–water partition coefficient (Wildman–Crippen LogP) is 2.89. The lowest BCUT2D eigenvalue weighted by atomic mass is 10.1. The Morgan fingerprint density at radius 1 is 1.25 bits per heavy atom. The molecular formula is C10H13BrO. The van der Waals surface area contributed by atoms with Crippen molar-refractivity contribution < 1.29 is 5.11 Å². The highest BCUT2D eigenvalue weighted by atomic mass is 79.9. The van der Waals surface area contributed by atoms with Gasteiger partial charge in [-0.25, -0.2) is 0 Å². The van der Waals surface area contributed by atoms with E-state index >= 15 is 0 Å². The molecule has 1 nitrogen and oxygen atoms in total. The molecule has 0 aromatic heterocycles. The van der Waals surface area contributed by atoms with Crippen molar-refractivity contribution in [1.82, 2.24) is 0 Å². The molecule has 0 saturated carbocycles. The summed E-state index contributed by atoms with van der Waals surface area (Å²) in [5, 5.41) is 8.93. The van der Waals surface area contributed by atoms with Crippen LogP contribution in [0.2, 0.25) is 0 Å². The van der Waals surface area contributed by atoms with Gasteiger partial charge in [-0.1, -0.05) is 35.3 Å². The molecule has 0 saturated heterocycles. The van der Waals surface area contributed by atoms with Gasteiger partial charge in [0.1, 0.15) is 0 Å². The normalized spacial score (nSPS) is 10.2. The van der Waals surface area contributed by atoms with Crippen LogP contribution in [0.15, 0.2) is 22.7 Å². The molecule has 0 unspecified atom stereocenters. The van der Waals surface area contributed by atoms with E-state index in [0.717, 1.165) is 22.9 Å². The van der Waals surface area contributed by atoms with Crippen LogP contribution in [0.3, 0.4) is 0 Å². The van der Waals surface area contributed by atoms with E-state index in [9.17, 15) is 0 Å². The fourth-order valence-corrected chi connectivity index (χ4v) is 1.83. The van der Waals surface area contributed by atoms with Crippen molar-refractivity contribution in [3.05, 3.63) is 33.8 Å². The van der Waals surface area contributed by atoms with Crippen molar-refractivity contribution in [2.45, 2.75) is 26.4 Å². The molecule has 1 aromatic carbocycles. The fraction of sp³-hybridized carbons (Fsp3) is 0.400. The average Bonchev–Trinajstić information content (AvgIpc) is 2.04. The second-order valence-corrected chi connectivity index (χ2v) is 3.79. The van der Waals surface area contributed by atoms with Gasteiger partial charge in [-0.2, -0.15) is 0 Å². The van der Waals surface area contributed by atoms with Gasteiger partial charge in [0.05, 0.1) is 6.61 Å². The van der Waals surface area contributed by atoms with E-state index in [1.807, 2.05) is 12.1 Å². The molecule has 1 aromatic rings. The van der Waals surface area contributed by atoms with Gasteiger partial charge in [-0.05, 0) is 29.7 Å². The molecule has 0 spiro atoms. The van der Waals surface area contributed by atoms with Crippen molar-refractivity contribution in [1.29, 1.82) is 0 Å². The van der Waals surface area contributed by atoms with E-state index in [4.69, 9.17) is 5.11 Å². The lowest BCUT2D eigenvalue weighted by molar-refractivity contribution is 0.281. The monoisotopic (exact) mass is 228 g/mol. The molecule has 0 aliphatic rings. The topological polar surface area (TPSA) is 20.2 Å². The van der Waals surface area contributed by atoms with Crippen molar-refractivity contribution in [3.8, 4) is 0 Å². The second-order valence-electron chi connectivity index (χ2n) is 2.88. The zero-order valence-electron chi connectivity index (χ0n) is 7.18. The van der Waals surface area contributed by atoms with Gasteiger partial charge >= 0.3 is 0 Å². The molecule has 0 heterocycles. The van der Waals surface area contributed by atoms with Gasteiger partial charge in [-0.15, -0.1) is 0 Å². The summed E-state index contributed by atoms with van der Waals surface area (Å²) in [5.74, 6) is 0. The fourth-order valence-electron chi connectivity index (χ4n) is 1.24. The lowest BCUT2D eigenvalue weighted by Gasteiger charge is -2.03. The van der Waals surface area contributed by atoms with Crippen molar-refractivity contribution in [3.63, 3.8) is 0 Å². The number of aliphatic hydroxyl groups is 1. The van der Waals surface area contributed by atoms with E-state index in [1.165, 1.54) is 5.56 Å². The van der Waals surface area contributed by atoms with Gasteiger partial charge in [0.2, 0.25) is 0 Å². The molecule has 66 valence electrons. The van der Waals surface area contributed by atoms with Crippen LogP contribution in [0.5, 0.6) is 0 Å². The highest BCUT2D eigenvalue weighted by Gasteiger charge is 1.97. The standard InChI is InChI=1S/C10H13BrO/c1-2-3-8-4-9(7-12)6-10(11)5-8/h4-6,12H,2-3,7H2,1H3. The summed E-state index contributed by atoms with van der Waals surface area (Å²) >= 11 is 3.41.